The van der Waals surface area contributed by atoms with Gasteiger partial charge in [0.15, 0.2) is 0 Å². The Balaban J connectivity index is 2.63. The molecular formula is C11H7BrF2O. The van der Waals surface area contributed by atoms with Gasteiger partial charge in [0.1, 0.15) is 5.75 Å². The normalized spacial score (nSPS) is 10.9. The molecular weight excluding hydrogens is 266 g/mol. The Labute approximate surface area is 93.8 Å². The van der Waals surface area contributed by atoms with Gasteiger partial charge in [0.2, 0.25) is 0 Å². The third-order valence-electron chi connectivity index (χ3n) is 2.04. The van der Waals surface area contributed by atoms with Gasteiger partial charge in [-0.15, -0.1) is 0 Å². The standard InChI is InChI=1S/C11H7BrF2O/c12-9-6-5-7-3-1-2-4-8(7)10(9)15-11(13)14/h1-6,11H. The van der Waals surface area contributed by atoms with Crippen molar-refractivity contribution in [3.8, 4) is 5.75 Å². The highest BCUT2D eigenvalue weighted by Gasteiger charge is 2.11. The summed E-state index contributed by atoms with van der Waals surface area (Å²) in [6.45, 7) is -2.81. The van der Waals surface area contributed by atoms with Gasteiger partial charge in [-0.2, -0.15) is 8.78 Å². The zero-order chi connectivity index (χ0) is 10.8. The van der Waals surface area contributed by atoms with Crippen LogP contribution in [0.2, 0.25) is 0 Å². The third-order valence-corrected chi connectivity index (χ3v) is 2.66. The van der Waals surface area contributed by atoms with Gasteiger partial charge in [0.05, 0.1) is 4.47 Å². The Morgan fingerprint density at radius 3 is 2.53 bits per heavy atom. The van der Waals surface area contributed by atoms with Crippen LogP contribution in [0, 0.1) is 0 Å². The van der Waals surface area contributed by atoms with Crippen LogP contribution in [0.15, 0.2) is 40.9 Å². The Kier molecular flexibility index (Phi) is 2.86. The van der Waals surface area contributed by atoms with Crippen molar-refractivity contribution in [2.75, 3.05) is 0 Å². The van der Waals surface area contributed by atoms with Gasteiger partial charge in [-0.05, 0) is 27.4 Å². The van der Waals surface area contributed by atoms with Gasteiger partial charge in [-0.3, -0.25) is 0 Å². The molecule has 0 spiro atoms. The zero-order valence-corrected chi connectivity index (χ0v) is 9.17. The maximum atomic E-state index is 12.2. The summed E-state index contributed by atoms with van der Waals surface area (Å²) in [5.41, 5.74) is 0. The summed E-state index contributed by atoms with van der Waals surface area (Å²) in [4.78, 5) is 0. The average Bonchev–Trinajstić information content (AvgIpc) is 2.22. The minimum Gasteiger partial charge on any atom is -0.433 e. The molecule has 0 aliphatic carbocycles. The van der Waals surface area contributed by atoms with Crippen LogP contribution in [0.25, 0.3) is 10.8 Å². The number of benzene rings is 2. The highest BCUT2D eigenvalue weighted by Crippen LogP contribution is 2.34. The van der Waals surface area contributed by atoms with Crippen LogP contribution in [-0.2, 0) is 0 Å². The Hall–Kier alpha value is -1.16. The minimum absolute atomic E-state index is 0.183. The second-order valence-corrected chi connectivity index (χ2v) is 3.83. The maximum Gasteiger partial charge on any atom is 0.387 e. The van der Waals surface area contributed by atoms with E-state index in [0.29, 0.717) is 9.86 Å². The monoisotopic (exact) mass is 272 g/mol. The molecule has 0 aliphatic rings. The fourth-order valence-electron chi connectivity index (χ4n) is 1.43. The van der Waals surface area contributed by atoms with E-state index >= 15 is 0 Å². The van der Waals surface area contributed by atoms with Gasteiger partial charge in [-0.1, -0.05) is 30.3 Å². The second-order valence-electron chi connectivity index (χ2n) is 2.98. The molecule has 0 amide bonds. The SMILES string of the molecule is FC(F)Oc1c(Br)ccc2ccccc12. The Morgan fingerprint density at radius 1 is 1.07 bits per heavy atom. The van der Waals surface area contributed by atoms with Gasteiger partial charge in [0.25, 0.3) is 0 Å². The van der Waals surface area contributed by atoms with Crippen molar-refractivity contribution >= 4 is 26.7 Å². The van der Waals surface area contributed by atoms with Crippen molar-refractivity contribution in [1.82, 2.24) is 0 Å². The molecule has 2 aromatic rings. The third kappa shape index (κ3) is 2.09. The number of alkyl halides is 2. The first kappa shape index (κ1) is 10.4. The molecule has 15 heavy (non-hydrogen) atoms. The topological polar surface area (TPSA) is 9.23 Å². The summed E-state index contributed by atoms with van der Waals surface area (Å²) in [5, 5.41) is 1.54. The predicted octanol–water partition coefficient (Wildman–Crippen LogP) is 4.20. The number of hydrogen-bond donors (Lipinski definition) is 0. The molecule has 2 aromatic carbocycles. The average molecular weight is 273 g/mol. The van der Waals surface area contributed by atoms with Gasteiger partial charge < -0.3 is 4.74 Å². The molecule has 0 heterocycles. The summed E-state index contributed by atoms with van der Waals surface area (Å²) in [6.07, 6.45) is 0. The van der Waals surface area contributed by atoms with Crippen molar-refractivity contribution in [2.24, 2.45) is 0 Å². The van der Waals surface area contributed by atoms with Crippen molar-refractivity contribution in [3.63, 3.8) is 0 Å². The first-order chi connectivity index (χ1) is 7.18. The van der Waals surface area contributed by atoms with Crippen molar-refractivity contribution in [1.29, 1.82) is 0 Å². The first-order valence-electron chi connectivity index (χ1n) is 4.30. The van der Waals surface area contributed by atoms with E-state index in [0.717, 1.165) is 5.39 Å². The summed E-state index contributed by atoms with van der Waals surface area (Å²) < 4.78 is 29.4. The fourth-order valence-corrected chi connectivity index (χ4v) is 1.86. The summed E-state index contributed by atoms with van der Waals surface area (Å²) in [6, 6.07) is 10.8. The summed E-state index contributed by atoms with van der Waals surface area (Å²) in [5.74, 6) is 0.183. The number of hydrogen-bond acceptors (Lipinski definition) is 1. The predicted molar refractivity (Wildman–Crippen MR) is 58.3 cm³/mol. The second kappa shape index (κ2) is 4.14. The molecule has 1 nitrogen and oxygen atoms in total. The number of halogens is 3. The van der Waals surface area contributed by atoms with Crippen molar-refractivity contribution in [2.45, 2.75) is 6.61 Å². The molecule has 0 saturated heterocycles. The van der Waals surface area contributed by atoms with E-state index in [4.69, 9.17) is 0 Å². The molecule has 0 bridgehead atoms. The van der Waals surface area contributed by atoms with E-state index in [2.05, 4.69) is 20.7 Å². The van der Waals surface area contributed by atoms with Crippen molar-refractivity contribution in [3.05, 3.63) is 40.9 Å². The van der Waals surface area contributed by atoms with Crippen LogP contribution in [0.4, 0.5) is 8.78 Å². The number of fused-ring (bicyclic) bond motifs is 1. The lowest BCUT2D eigenvalue weighted by molar-refractivity contribution is -0.0492. The molecule has 0 saturated carbocycles. The number of rotatable bonds is 2. The van der Waals surface area contributed by atoms with Crippen LogP contribution in [-0.4, -0.2) is 6.61 Å². The maximum absolute atomic E-state index is 12.2. The van der Waals surface area contributed by atoms with Crippen LogP contribution < -0.4 is 4.74 Å². The zero-order valence-electron chi connectivity index (χ0n) is 7.58. The van der Waals surface area contributed by atoms with Crippen LogP contribution in [0.3, 0.4) is 0 Å². The fraction of sp³-hybridized carbons (Fsp3) is 0.0909. The largest absolute Gasteiger partial charge is 0.433 e. The molecule has 0 fully saturated rings. The Bertz CT molecular complexity index is 485. The van der Waals surface area contributed by atoms with E-state index < -0.39 is 6.61 Å². The van der Waals surface area contributed by atoms with Gasteiger partial charge in [0, 0.05) is 5.39 Å². The smallest absolute Gasteiger partial charge is 0.387 e. The Morgan fingerprint density at radius 2 is 1.80 bits per heavy atom. The molecule has 0 aromatic heterocycles. The number of ether oxygens (including phenoxy) is 1. The molecule has 4 heteroatoms. The molecule has 0 radical (unpaired) electrons. The lowest BCUT2D eigenvalue weighted by atomic mass is 10.1. The lowest BCUT2D eigenvalue weighted by Crippen LogP contribution is -2.02. The highest BCUT2D eigenvalue weighted by molar-refractivity contribution is 9.10. The van der Waals surface area contributed by atoms with Crippen LogP contribution >= 0.6 is 15.9 Å². The summed E-state index contributed by atoms with van der Waals surface area (Å²) >= 11 is 3.19. The molecule has 0 N–H and O–H groups in total. The van der Waals surface area contributed by atoms with E-state index in [1.54, 1.807) is 18.2 Å². The van der Waals surface area contributed by atoms with Crippen molar-refractivity contribution < 1.29 is 13.5 Å². The van der Waals surface area contributed by atoms with Crippen LogP contribution in [0.1, 0.15) is 0 Å². The minimum atomic E-state index is -2.81. The molecule has 0 atom stereocenters. The lowest BCUT2D eigenvalue weighted by Gasteiger charge is -2.09. The van der Waals surface area contributed by atoms with E-state index in [1.807, 2.05) is 18.2 Å². The van der Waals surface area contributed by atoms with E-state index in [-0.39, 0.29) is 5.75 Å². The quantitative estimate of drug-likeness (QED) is 0.796. The van der Waals surface area contributed by atoms with E-state index in [9.17, 15) is 8.78 Å². The summed E-state index contributed by atoms with van der Waals surface area (Å²) in [7, 11) is 0. The molecule has 2 rings (SSSR count). The molecule has 78 valence electrons. The van der Waals surface area contributed by atoms with Gasteiger partial charge in [-0.25, -0.2) is 0 Å². The van der Waals surface area contributed by atoms with Gasteiger partial charge >= 0.3 is 6.61 Å². The molecule has 0 unspecified atom stereocenters. The van der Waals surface area contributed by atoms with Crippen LogP contribution in [0.5, 0.6) is 5.75 Å². The van der Waals surface area contributed by atoms with E-state index in [1.165, 1.54) is 0 Å². The molecule has 0 aliphatic heterocycles. The first-order valence-corrected chi connectivity index (χ1v) is 5.10. The highest BCUT2D eigenvalue weighted by atomic mass is 79.9.